The molecule has 2 heterocycles. The summed E-state index contributed by atoms with van der Waals surface area (Å²) >= 11 is 0. The number of hydrogen-bond donors (Lipinski definition) is 2. The number of rotatable bonds is 5. The highest BCUT2D eigenvalue weighted by Crippen LogP contribution is 2.24. The van der Waals surface area contributed by atoms with Crippen molar-refractivity contribution in [2.45, 2.75) is 6.42 Å². The molecule has 4 rings (SSSR count). The van der Waals surface area contributed by atoms with E-state index in [-0.39, 0.29) is 11.6 Å². The number of H-pyrrole nitrogens is 2. The average Bonchev–Trinajstić information content (AvgIpc) is 3.33. The Morgan fingerprint density at radius 2 is 1.33 bits per heavy atom. The fourth-order valence-electron chi connectivity index (χ4n) is 3.07. The zero-order chi connectivity index (χ0) is 18.6. The van der Waals surface area contributed by atoms with Gasteiger partial charge in [0.05, 0.1) is 0 Å². The van der Waals surface area contributed by atoms with Gasteiger partial charge in [-0.1, -0.05) is 36.4 Å². The minimum absolute atomic E-state index is 0.241. The molecule has 0 atom stereocenters. The number of hydrogen-bond acceptors (Lipinski definition) is 0. The summed E-state index contributed by atoms with van der Waals surface area (Å²) < 4.78 is 27.7. The normalized spacial score (nSPS) is 11.3. The zero-order valence-corrected chi connectivity index (χ0v) is 14.5. The minimum Gasteiger partial charge on any atom is -0.361 e. The number of benzene rings is 2. The molecule has 0 amide bonds. The van der Waals surface area contributed by atoms with E-state index in [2.05, 4.69) is 9.97 Å². The van der Waals surface area contributed by atoms with Crippen molar-refractivity contribution in [3.63, 3.8) is 0 Å². The molecule has 27 heavy (non-hydrogen) atoms. The van der Waals surface area contributed by atoms with Crippen molar-refractivity contribution in [2.75, 3.05) is 0 Å². The van der Waals surface area contributed by atoms with Crippen molar-refractivity contribution in [3.05, 3.63) is 102 Å². The molecule has 2 aromatic heterocycles. The lowest BCUT2D eigenvalue weighted by Gasteiger charge is -1.98. The Balaban J connectivity index is 1.45. The van der Waals surface area contributed by atoms with Crippen molar-refractivity contribution in [2.24, 2.45) is 0 Å². The summed E-state index contributed by atoms with van der Waals surface area (Å²) in [6.07, 6.45) is 8.46. The third-order valence-electron chi connectivity index (χ3n) is 4.44. The van der Waals surface area contributed by atoms with Gasteiger partial charge in [-0.05, 0) is 53.9 Å². The second-order valence-electron chi connectivity index (χ2n) is 6.33. The van der Waals surface area contributed by atoms with Crippen molar-refractivity contribution < 1.29 is 8.78 Å². The van der Waals surface area contributed by atoms with Crippen LogP contribution in [-0.2, 0) is 6.42 Å². The lowest BCUT2D eigenvalue weighted by molar-refractivity contribution is 0.630. The first-order valence-electron chi connectivity index (χ1n) is 8.73. The van der Waals surface area contributed by atoms with Gasteiger partial charge in [0, 0.05) is 34.9 Å². The smallest absolute Gasteiger partial charge is 0.132 e. The van der Waals surface area contributed by atoms with Crippen LogP contribution in [-0.4, -0.2) is 9.97 Å². The van der Waals surface area contributed by atoms with Crippen molar-refractivity contribution in [1.82, 2.24) is 9.97 Å². The monoisotopic (exact) mass is 360 g/mol. The first-order chi connectivity index (χ1) is 13.2. The van der Waals surface area contributed by atoms with Gasteiger partial charge in [0.1, 0.15) is 11.6 Å². The van der Waals surface area contributed by atoms with Gasteiger partial charge in [0.2, 0.25) is 0 Å². The fourth-order valence-corrected chi connectivity index (χ4v) is 3.07. The highest BCUT2D eigenvalue weighted by Gasteiger charge is 2.07. The highest BCUT2D eigenvalue weighted by molar-refractivity contribution is 5.65. The zero-order valence-electron chi connectivity index (χ0n) is 14.5. The van der Waals surface area contributed by atoms with Crippen LogP contribution >= 0.6 is 0 Å². The van der Waals surface area contributed by atoms with E-state index >= 15 is 0 Å². The Bertz CT molecular complexity index is 1090. The molecule has 0 saturated heterocycles. The van der Waals surface area contributed by atoms with Gasteiger partial charge in [-0.25, -0.2) is 8.78 Å². The highest BCUT2D eigenvalue weighted by atomic mass is 19.1. The van der Waals surface area contributed by atoms with Crippen molar-refractivity contribution >= 4 is 6.08 Å². The maximum Gasteiger partial charge on any atom is 0.132 e. The van der Waals surface area contributed by atoms with E-state index < -0.39 is 0 Å². The van der Waals surface area contributed by atoms with Crippen LogP contribution in [0.5, 0.6) is 0 Å². The van der Waals surface area contributed by atoms with E-state index in [4.69, 9.17) is 0 Å². The molecule has 0 saturated carbocycles. The molecule has 0 aliphatic heterocycles. The summed E-state index contributed by atoms with van der Waals surface area (Å²) in [6, 6.07) is 17.3. The van der Waals surface area contributed by atoms with Crippen LogP contribution in [0.3, 0.4) is 0 Å². The summed E-state index contributed by atoms with van der Waals surface area (Å²) in [5, 5.41) is 0. The SMILES string of the molecule is Fc1ccccc1-c1cc(/C=C/Cc2c[nH]c(-c3ccccc3F)c2)c[nH]1. The maximum absolute atomic E-state index is 13.9. The summed E-state index contributed by atoms with van der Waals surface area (Å²) in [5.74, 6) is -0.489. The molecular weight excluding hydrogens is 342 g/mol. The molecule has 134 valence electrons. The van der Waals surface area contributed by atoms with Gasteiger partial charge < -0.3 is 9.97 Å². The van der Waals surface area contributed by atoms with E-state index in [1.807, 2.05) is 48.8 Å². The van der Waals surface area contributed by atoms with Crippen LogP contribution in [0.15, 0.2) is 79.1 Å². The fraction of sp³-hybridized carbons (Fsp3) is 0.0435. The predicted molar refractivity (Wildman–Crippen MR) is 105 cm³/mol. The van der Waals surface area contributed by atoms with Gasteiger partial charge in [0.15, 0.2) is 0 Å². The predicted octanol–water partition coefficient (Wildman–Crippen LogP) is 6.21. The van der Waals surface area contributed by atoms with Crippen LogP contribution in [0.25, 0.3) is 28.6 Å². The van der Waals surface area contributed by atoms with E-state index in [9.17, 15) is 8.78 Å². The lowest BCUT2D eigenvalue weighted by atomic mass is 10.1. The quantitative estimate of drug-likeness (QED) is 0.424. The molecular formula is C23H18F2N2. The van der Waals surface area contributed by atoms with Crippen LogP contribution in [0.1, 0.15) is 11.1 Å². The number of halogens is 2. The molecule has 0 radical (unpaired) electrons. The third kappa shape index (κ3) is 3.75. The van der Waals surface area contributed by atoms with E-state index in [0.29, 0.717) is 17.5 Å². The summed E-state index contributed by atoms with van der Waals surface area (Å²) in [7, 11) is 0. The van der Waals surface area contributed by atoms with Crippen LogP contribution in [0, 0.1) is 11.6 Å². The van der Waals surface area contributed by atoms with Crippen molar-refractivity contribution in [1.29, 1.82) is 0 Å². The van der Waals surface area contributed by atoms with Gasteiger partial charge >= 0.3 is 0 Å². The van der Waals surface area contributed by atoms with E-state index in [0.717, 1.165) is 22.5 Å². The largest absolute Gasteiger partial charge is 0.361 e. The van der Waals surface area contributed by atoms with Crippen LogP contribution in [0.4, 0.5) is 8.78 Å². The molecule has 0 aliphatic rings. The lowest BCUT2D eigenvalue weighted by Crippen LogP contribution is -1.82. The number of aromatic nitrogens is 2. The third-order valence-corrected chi connectivity index (χ3v) is 4.44. The Labute approximate surface area is 156 Å². The Morgan fingerprint density at radius 1 is 0.741 bits per heavy atom. The molecule has 4 heteroatoms. The molecule has 4 aromatic rings. The first-order valence-corrected chi connectivity index (χ1v) is 8.73. The number of nitrogens with one attached hydrogen (secondary N) is 2. The second kappa shape index (κ2) is 7.46. The standard InChI is InChI=1S/C23H18F2N2/c24-20-10-3-1-8-18(20)22-12-16(14-26-22)6-5-7-17-13-23(27-15-17)19-9-2-4-11-21(19)25/h1-6,8-15,26-27H,7H2/b6-5+. The topological polar surface area (TPSA) is 31.6 Å². The molecule has 2 aromatic carbocycles. The second-order valence-corrected chi connectivity index (χ2v) is 6.33. The molecule has 0 bridgehead atoms. The molecule has 2 nitrogen and oxygen atoms in total. The van der Waals surface area contributed by atoms with Gasteiger partial charge in [-0.3, -0.25) is 0 Å². The Kier molecular flexibility index (Phi) is 4.71. The summed E-state index contributed by atoms with van der Waals surface area (Å²) in [6.45, 7) is 0. The average molecular weight is 360 g/mol. The number of aromatic amines is 2. The van der Waals surface area contributed by atoms with E-state index in [1.54, 1.807) is 24.3 Å². The minimum atomic E-state index is -0.247. The molecule has 2 N–H and O–H groups in total. The first kappa shape index (κ1) is 17.0. The number of allylic oxidation sites excluding steroid dienone is 1. The maximum atomic E-state index is 13.9. The Hall–Kier alpha value is -3.40. The van der Waals surface area contributed by atoms with Gasteiger partial charge in [0.25, 0.3) is 0 Å². The van der Waals surface area contributed by atoms with E-state index in [1.165, 1.54) is 12.1 Å². The molecule has 0 fully saturated rings. The van der Waals surface area contributed by atoms with Crippen molar-refractivity contribution in [3.8, 4) is 22.5 Å². The van der Waals surface area contributed by atoms with Gasteiger partial charge in [-0.15, -0.1) is 0 Å². The molecule has 0 aliphatic carbocycles. The summed E-state index contributed by atoms with van der Waals surface area (Å²) in [5.41, 5.74) is 4.66. The van der Waals surface area contributed by atoms with Crippen LogP contribution in [0.2, 0.25) is 0 Å². The van der Waals surface area contributed by atoms with Crippen LogP contribution < -0.4 is 0 Å². The molecule has 0 spiro atoms. The summed E-state index contributed by atoms with van der Waals surface area (Å²) in [4.78, 5) is 6.23. The molecule has 0 unspecified atom stereocenters. The van der Waals surface area contributed by atoms with Gasteiger partial charge in [-0.2, -0.15) is 0 Å². The Morgan fingerprint density at radius 3 is 2.00 bits per heavy atom.